The third kappa shape index (κ3) is 3.69. The molecule has 0 aromatic carbocycles. The lowest BCUT2D eigenvalue weighted by molar-refractivity contribution is -0.161. The minimum atomic E-state index is -1.23. The molecule has 1 rings (SSSR count). The molecule has 0 aliphatic heterocycles. The quantitative estimate of drug-likeness (QED) is 0.423. The lowest BCUT2D eigenvalue weighted by Gasteiger charge is -2.28. The van der Waals surface area contributed by atoms with Gasteiger partial charge in [0.05, 0.1) is 20.3 Å². The van der Waals surface area contributed by atoms with Crippen LogP contribution in [0.5, 0.6) is 0 Å². The van der Waals surface area contributed by atoms with E-state index in [4.69, 9.17) is 9.47 Å². The first-order valence-electron chi connectivity index (χ1n) is 7.79. The van der Waals surface area contributed by atoms with Gasteiger partial charge in [0.2, 0.25) is 0 Å². The zero-order valence-corrected chi connectivity index (χ0v) is 14.2. The summed E-state index contributed by atoms with van der Waals surface area (Å²) in [7, 11) is 2.52. The molecule has 1 aliphatic carbocycles. The van der Waals surface area contributed by atoms with Crippen LogP contribution >= 0.6 is 0 Å². The second kappa shape index (κ2) is 7.27. The summed E-state index contributed by atoms with van der Waals surface area (Å²) in [4.78, 5) is 23.7. The Balaban J connectivity index is 2.75. The number of unbranched alkanes of at least 4 members (excludes halogenated alkanes) is 1. The Bertz CT molecular complexity index is 422. The Kier molecular flexibility index (Phi) is 6.17. The Morgan fingerprint density at radius 2 is 1.86 bits per heavy atom. The van der Waals surface area contributed by atoms with Crippen LogP contribution in [0.15, 0.2) is 12.2 Å². The first-order chi connectivity index (χ1) is 10.3. The number of carbonyl (C=O) groups is 2. The number of hydrogen-bond acceptors (Lipinski definition) is 5. The molecule has 2 atom stereocenters. The monoisotopic (exact) mass is 312 g/mol. The average Bonchev–Trinajstić information content (AvgIpc) is 3.24. The van der Waals surface area contributed by atoms with Crippen LogP contribution in [0.1, 0.15) is 46.5 Å². The van der Waals surface area contributed by atoms with E-state index in [9.17, 15) is 14.7 Å². The maximum Gasteiger partial charge on any atom is 0.323 e. The van der Waals surface area contributed by atoms with Crippen molar-refractivity contribution >= 4 is 11.9 Å². The van der Waals surface area contributed by atoms with Gasteiger partial charge in [0.15, 0.2) is 5.41 Å². The largest absolute Gasteiger partial charge is 0.468 e. The summed E-state index contributed by atoms with van der Waals surface area (Å²) in [5.74, 6) is -1.42. The van der Waals surface area contributed by atoms with Crippen molar-refractivity contribution in [2.45, 2.75) is 52.6 Å². The molecule has 0 bridgehead atoms. The second-order valence-electron chi connectivity index (χ2n) is 6.69. The van der Waals surface area contributed by atoms with Crippen molar-refractivity contribution in [3.63, 3.8) is 0 Å². The predicted molar refractivity (Wildman–Crippen MR) is 83.0 cm³/mol. The molecule has 22 heavy (non-hydrogen) atoms. The Morgan fingerprint density at radius 3 is 2.32 bits per heavy atom. The van der Waals surface area contributed by atoms with Crippen molar-refractivity contribution < 1.29 is 24.2 Å². The first kappa shape index (κ1) is 18.7. The number of esters is 2. The Hall–Kier alpha value is -1.36. The van der Waals surface area contributed by atoms with E-state index in [2.05, 4.69) is 6.92 Å². The summed E-state index contributed by atoms with van der Waals surface area (Å²) in [6, 6.07) is 0. The van der Waals surface area contributed by atoms with Crippen molar-refractivity contribution in [2.75, 3.05) is 14.2 Å². The third-order valence-corrected chi connectivity index (χ3v) is 4.62. The fraction of sp³-hybridized carbons (Fsp3) is 0.765. The second-order valence-corrected chi connectivity index (χ2v) is 6.69. The Morgan fingerprint density at radius 1 is 1.32 bits per heavy atom. The summed E-state index contributed by atoms with van der Waals surface area (Å²) >= 11 is 0. The zero-order valence-electron chi connectivity index (χ0n) is 14.2. The van der Waals surface area contributed by atoms with E-state index in [1.807, 2.05) is 13.8 Å². The number of hydrogen-bond donors (Lipinski definition) is 1. The van der Waals surface area contributed by atoms with Crippen LogP contribution in [0.25, 0.3) is 0 Å². The van der Waals surface area contributed by atoms with Gasteiger partial charge in [-0.3, -0.25) is 9.59 Å². The molecular weight excluding hydrogens is 284 g/mol. The van der Waals surface area contributed by atoms with Gasteiger partial charge in [0.1, 0.15) is 0 Å². The highest BCUT2D eigenvalue weighted by atomic mass is 16.5. The number of ether oxygens (including phenoxy) is 2. The van der Waals surface area contributed by atoms with E-state index < -0.39 is 23.5 Å². The fourth-order valence-electron chi connectivity index (χ4n) is 2.72. The smallest absolute Gasteiger partial charge is 0.323 e. The number of aliphatic hydroxyl groups excluding tert-OH is 1. The Labute approximate surface area is 132 Å². The number of allylic oxidation sites excluding steroid dienone is 1. The summed E-state index contributed by atoms with van der Waals surface area (Å²) in [5, 5.41) is 10.3. The zero-order chi connectivity index (χ0) is 17.0. The van der Waals surface area contributed by atoms with Gasteiger partial charge in [-0.15, -0.1) is 0 Å². The molecule has 0 spiro atoms. The summed E-state index contributed by atoms with van der Waals surface area (Å²) in [6.45, 7) is 6.14. The highest BCUT2D eigenvalue weighted by Crippen LogP contribution is 2.55. The molecular formula is C17H28O5. The molecule has 0 saturated heterocycles. The van der Waals surface area contributed by atoms with Gasteiger partial charge in [-0.25, -0.2) is 0 Å². The topological polar surface area (TPSA) is 72.8 Å². The maximum absolute atomic E-state index is 11.9. The van der Waals surface area contributed by atoms with Gasteiger partial charge in [0.25, 0.3) is 0 Å². The van der Waals surface area contributed by atoms with Crippen LogP contribution in [0.4, 0.5) is 0 Å². The van der Waals surface area contributed by atoms with E-state index in [-0.39, 0.29) is 11.3 Å². The number of methoxy groups -OCH3 is 2. The number of aliphatic hydroxyl groups is 1. The molecule has 126 valence electrons. The molecule has 1 saturated carbocycles. The van der Waals surface area contributed by atoms with Gasteiger partial charge in [-0.1, -0.05) is 45.8 Å². The molecule has 0 aromatic rings. The predicted octanol–water partition coefficient (Wildman–Crippen LogP) is 2.47. The van der Waals surface area contributed by atoms with E-state index in [1.165, 1.54) is 14.2 Å². The minimum absolute atomic E-state index is 0.236. The molecule has 1 N–H and O–H groups in total. The molecule has 0 radical (unpaired) electrons. The molecule has 5 heteroatoms. The minimum Gasteiger partial charge on any atom is -0.468 e. The van der Waals surface area contributed by atoms with Crippen molar-refractivity contribution in [1.29, 1.82) is 0 Å². The van der Waals surface area contributed by atoms with Crippen molar-refractivity contribution in [3.8, 4) is 0 Å². The highest BCUT2D eigenvalue weighted by Gasteiger charge is 2.66. The van der Waals surface area contributed by atoms with Crippen molar-refractivity contribution in [3.05, 3.63) is 12.2 Å². The van der Waals surface area contributed by atoms with Crippen LogP contribution in [-0.4, -0.2) is 37.4 Å². The van der Waals surface area contributed by atoms with Gasteiger partial charge >= 0.3 is 11.9 Å². The van der Waals surface area contributed by atoms with E-state index in [1.54, 1.807) is 12.2 Å². The maximum atomic E-state index is 11.9. The van der Waals surface area contributed by atoms with Crippen LogP contribution in [0.2, 0.25) is 0 Å². The third-order valence-electron chi connectivity index (χ3n) is 4.62. The molecule has 1 fully saturated rings. The lowest BCUT2D eigenvalue weighted by Crippen LogP contribution is -2.30. The summed E-state index contributed by atoms with van der Waals surface area (Å²) < 4.78 is 9.44. The van der Waals surface area contributed by atoms with Crippen LogP contribution < -0.4 is 0 Å². The summed E-state index contributed by atoms with van der Waals surface area (Å²) in [5.41, 5.74) is -1.46. The standard InChI is InChI=1S/C17H28O5/c1-6-7-10-16(2,3)13(18)9-8-12-11-17(12,14(19)21-4)15(20)22-5/h8-9,12-13,18H,6-7,10-11H2,1-5H3/b9-8+. The molecule has 1 aliphatic rings. The van der Waals surface area contributed by atoms with Crippen LogP contribution in [-0.2, 0) is 19.1 Å². The van der Waals surface area contributed by atoms with E-state index in [0.717, 1.165) is 19.3 Å². The van der Waals surface area contributed by atoms with E-state index in [0.29, 0.717) is 6.42 Å². The molecule has 0 heterocycles. The van der Waals surface area contributed by atoms with Crippen LogP contribution in [0, 0.1) is 16.7 Å². The first-order valence-corrected chi connectivity index (χ1v) is 7.79. The SMILES string of the molecule is CCCCC(C)(C)C(O)/C=C/C1CC1(C(=O)OC)C(=O)OC. The number of carbonyl (C=O) groups excluding carboxylic acids is 2. The highest BCUT2D eigenvalue weighted by molar-refractivity contribution is 6.04. The summed E-state index contributed by atoms with van der Waals surface area (Å²) in [6.07, 6.45) is 6.23. The molecule has 2 unspecified atom stereocenters. The van der Waals surface area contributed by atoms with Gasteiger partial charge in [0, 0.05) is 5.92 Å². The van der Waals surface area contributed by atoms with Crippen molar-refractivity contribution in [1.82, 2.24) is 0 Å². The average molecular weight is 312 g/mol. The molecule has 5 nitrogen and oxygen atoms in total. The molecule has 0 amide bonds. The lowest BCUT2D eigenvalue weighted by atomic mass is 9.81. The van der Waals surface area contributed by atoms with E-state index >= 15 is 0 Å². The van der Waals surface area contributed by atoms with Gasteiger partial charge < -0.3 is 14.6 Å². The fourth-order valence-corrected chi connectivity index (χ4v) is 2.72. The number of rotatable bonds is 8. The van der Waals surface area contributed by atoms with Gasteiger partial charge in [-0.05, 0) is 18.3 Å². The normalized spacial score (nSPS) is 21.5. The van der Waals surface area contributed by atoms with Crippen LogP contribution in [0.3, 0.4) is 0 Å². The van der Waals surface area contributed by atoms with Crippen molar-refractivity contribution in [2.24, 2.45) is 16.7 Å². The molecule has 0 aromatic heterocycles. The van der Waals surface area contributed by atoms with Gasteiger partial charge in [-0.2, -0.15) is 0 Å².